The van der Waals surface area contributed by atoms with E-state index in [4.69, 9.17) is 14.2 Å². The third-order valence-electron chi connectivity index (χ3n) is 5.18. The van der Waals surface area contributed by atoms with Crippen molar-refractivity contribution in [1.29, 1.82) is 0 Å². The van der Waals surface area contributed by atoms with Crippen molar-refractivity contribution in [3.8, 4) is 5.75 Å². The second kappa shape index (κ2) is 12.1. The summed E-state index contributed by atoms with van der Waals surface area (Å²) in [7, 11) is 3.25. The highest BCUT2D eigenvalue weighted by Crippen LogP contribution is 2.31. The van der Waals surface area contributed by atoms with Crippen molar-refractivity contribution in [1.82, 2.24) is 0 Å². The molecule has 0 aliphatic heterocycles. The first kappa shape index (κ1) is 22.8. The number of aliphatic hydroxyl groups excluding tert-OH is 1. The number of hydrogen-bond acceptors (Lipinski definition) is 4. The smallest absolute Gasteiger partial charge is 0.146 e. The summed E-state index contributed by atoms with van der Waals surface area (Å²) in [5, 5.41) is 10.9. The fourth-order valence-corrected chi connectivity index (χ4v) is 3.42. The lowest BCUT2D eigenvalue weighted by Gasteiger charge is -2.19. The van der Waals surface area contributed by atoms with Gasteiger partial charge in [0, 0.05) is 13.0 Å². The zero-order valence-electron chi connectivity index (χ0n) is 18.1. The van der Waals surface area contributed by atoms with Crippen LogP contribution in [0.1, 0.15) is 40.7 Å². The van der Waals surface area contributed by atoms with Crippen LogP contribution in [0.5, 0.6) is 5.75 Å². The summed E-state index contributed by atoms with van der Waals surface area (Å²) in [6.07, 6.45) is 4.30. The minimum absolute atomic E-state index is 0.0861. The summed E-state index contributed by atoms with van der Waals surface area (Å²) in [5.74, 6) is 0.870. The van der Waals surface area contributed by atoms with Crippen LogP contribution in [0.3, 0.4) is 0 Å². The minimum atomic E-state index is -0.568. The maximum absolute atomic E-state index is 10.9. The van der Waals surface area contributed by atoms with Crippen molar-refractivity contribution >= 4 is 6.08 Å². The summed E-state index contributed by atoms with van der Waals surface area (Å²) in [6, 6.07) is 26.1. The average molecular weight is 419 g/mol. The lowest BCUT2D eigenvalue weighted by atomic mass is 9.90. The summed E-state index contributed by atoms with van der Waals surface area (Å²) in [6.45, 7) is 0.815. The van der Waals surface area contributed by atoms with E-state index in [-0.39, 0.29) is 12.7 Å². The molecule has 0 heterocycles. The second-order valence-corrected chi connectivity index (χ2v) is 7.40. The van der Waals surface area contributed by atoms with Gasteiger partial charge in [0.15, 0.2) is 0 Å². The summed E-state index contributed by atoms with van der Waals surface area (Å²) in [5.41, 5.74) is 4.27. The Hall–Kier alpha value is -2.92. The van der Waals surface area contributed by atoms with Crippen LogP contribution in [0, 0.1) is 0 Å². The van der Waals surface area contributed by atoms with E-state index in [0.717, 1.165) is 22.4 Å². The zero-order valence-corrected chi connectivity index (χ0v) is 18.1. The Bertz CT molecular complexity index is 918. The van der Waals surface area contributed by atoms with Gasteiger partial charge in [-0.2, -0.15) is 0 Å². The molecule has 0 fully saturated rings. The van der Waals surface area contributed by atoms with Crippen molar-refractivity contribution in [3.63, 3.8) is 0 Å². The van der Waals surface area contributed by atoms with Gasteiger partial charge in [-0.15, -0.1) is 0 Å². The van der Waals surface area contributed by atoms with Crippen molar-refractivity contribution in [2.45, 2.75) is 25.0 Å². The first-order valence-corrected chi connectivity index (χ1v) is 10.4. The van der Waals surface area contributed by atoms with Crippen molar-refractivity contribution in [2.75, 3.05) is 21.0 Å². The van der Waals surface area contributed by atoms with Gasteiger partial charge in [-0.3, -0.25) is 0 Å². The quantitative estimate of drug-likeness (QED) is 0.319. The molecule has 162 valence electrons. The summed E-state index contributed by atoms with van der Waals surface area (Å²) < 4.78 is 15.5. The maximum Gasteiger partial charge on any atom is 0.146 e. The Kier molecular flexibility index (Phi) is 8.85. The molecule has 3 aromatic carbocycles. The van der Waals surface area contributed by atoms with Crippen LogP contribution in [0.4, 0.5) is 0 Å². The van der Waals surface area contributed by atoms with E-state index in [0.29, 0.717) is 13.0 Å². The standard InChI is InChI=1S/C27H30O4/c1-29-20-31-19-22-10-8-21(9-11-22)12-13-25(23-6-4-3-5-7-23)18-27(28)24-14-16-26(30-2)17-15-24/h3-17,25,27-28H,18-20H2,1-2H3/b13-12+/t25-,27+/m1/s1. The molecule has 0 saturated carbocycles. The number of ether oxygens (including phenoxy) is 3. The van der Waals surface area contributed by atoms with Crippen LogP contribution in [0.25, 0.3) is 6.08 Å². The molecule has 0 aliphatic carbocycles. The largest absolute Gasteiger partial charge is 0.497 e. The number of rotatable bonds is 11. The first-order chi connectivity index (χ1) is 15.2. The van der Waals surface area contributed by atoms with Gasteiger partial charge in [0.1, 0.15) is 12.5 Å². The van der Waals surface area contributed by atoms with E-state index in [9.17, 15) is 5.11 Å². The SMILES string of the molecule is COCOCc1ccc(/C=C/[C@H](C[C@H](O)c2ccc(OC)cc2)c2ccccc2)cc1. The Morgan fingerprint density at radius 1 is 0.839 bits per heavy atom. The maximum atomic E-state index is 10.9. The molecule has 0 saturated heterocycles. The predicted octanol–water partition coefficient (Wildman–Crippen LogP) is 5.74. The Balaban J connectivity index is 1.71. The molecule has 2 atom stereocenters. The van der Waals surface area contributed by atoms with Crippen LogP contribution in [0.2, 0.25) is 0 Å². The van der Waals surface area contributed by atoms with Gasteiger partial charge < -0.3 is 19.3 Å². The van der Waals surface area contributed by atoms with Crippen molar-refractivity contribution < 1.29 is 19.3 Å². The number of benzene rings is 3. The third-order valence-corrected chi connectivity index (χ3v) is 5.18. The lowest BCUT2D eigenvalue weighted by Crippen LogP contribution is -2.05. The molecule has 0 spiro atoms. The molecule has 31 heavy (non-hydrogen) atoms. The molecule has 0 amide bonds. The van der Waals surface area contributed by atoms with Crippen molar-refractivity contribution in [3.05, 3.63) is 107 Å². The van der Waals surface area contributed by atoms with Crippen LogP contribution < -0.4 is 4.74 Å². The first-order valence-electron chi connectivity index (χ1n) is 10.4. The van der Waals surface area contributed by atoms with Crippen LogP contribution in [-0.2, 0) is 16.1 Å². The molecule has 0 radical (unpaired) electrons. The molecule has 0 bridgehead atoms. The Labute approximate surface area is 184 Å². The van der Waals surface area contributed by atoms with Crippen LogP contribution in [0.15, 0.2) is 84.9 Å². The Morgan fingerprint density at radius 2 is 1.55 bits per heavy atom. The average Bonchev–Trinajstić information content (AvgIpc) is 2.83. The van der Waals surface area contributed by atoms with Gasteiger partial charge in [-0.05, 0) is 40.8 Å². The molecule has 0 unspecified atom stereocenters. The van der Waals surface area contributed by atoms with E-state index in [1.165, 1.54) is 5.56 Å². The molecule has 4 heteroatoms. The van der Waals surface area contributed by atoms with Gasteiger partial charge in [-0.25, -0.2) is 0 Å². The van der Waals surface area contributed by atoms with Crippen LogP contribution >= 0.6 is 0 Å². The molecule has 0 aromatic heterocycles. The monoisotopic (exact) mass is 418 g/mol. The van der Waals surface area contributed by atoms with E-state index < -0.39 is 6.10 Å². The van der Waals surface area contributed by atoms with E-state index in [2.05, 4.69) is 48.6 Å². The summed E-state index contributed by atoms with van der Waals surface area (Å²) >= 11 is 0. The minimum Gasteiger partial charge on any atom is -0.497 e. The highest BCUT2D eigenvalue weighted by atomic mass is 16.7. The topological polar surface area (TPSA) is 47.9 Å². The summed E-state index contributed by atoms with van der Waals surface area (Å²) in [4.78, 5) is 0. The van der Waals surface area contributed by atoms with E-state index in [1.54, 1.807) is 14.2 Å². The van der Waals surface area contributed by atoms with Gasteiger partial charge in [0.05, 0.1) is 19.8 Å². The molecular formula is C27H30O4. The van der Waals surface area contributed by atoms with E-state index >= 15 is 0 Å². The van der Waals surface area contributed by atoms with E-state index in [1.807, 2.05) is 42.5 Å². The lowest BCUT2D eigenvalue weighted by molar-refractivity contribution is -0.0390. The zero-order chi connectivity index (χ0) is 21.9. The van der Waals surface area contributed by atoms with Gasteiger partial charge in [0.2, 0.25) is 0 Å². The van der Waals surface area contributed by atoms with Gasteiger partial charge in [-0.1, -0.05) is 78.9 Å². The fourth-order valence-electron chi connectivity index (χ4n) is 3.42. The molecule has 3 rings (SSSR count). The normalized spacial score (nSPS) is 13.3. The van der Waals surface area contributed by atoms with Gasteiger partial charge in [0.25, 0.3) is 0 Å². The van der Waals surface area contributed by atoms with Crippen molar-refractivity contribution in [2.24, 2.45) is 0 Å². The highest BCUT2D eigenvalue weighted by molar-refractivity contribution is 5.51. The number of aliphatic hydroxyl groups is 1. The fraction of sp³-hybridized carbons (Fsp3) is 0.259. The number of allylic oxidation sites excluding steroid dienone is 1. The molecule has 0 aliphatic rings. The molecule has 3 aromatic rings. The van der Waals surface area contributed by atoms with Gasteiger partial charge >= 0.3 is 0 Å². The molecular weight excluding hydrogens is 388 g/mol. The predicted molar refractivity (Wildman–Crippen MR) is 124 cm³/mol. The molecule has 1 N–H and O–H groups in total. The third kappa shape index (κ3) is 7.07. The van der Waals surface area contributed by atoms with Crippen LogP contribution in [-0.4, -0.2) is 26.1 Å². The molecule has 4 nitrogen and oxygen atoms in total. The second-order valence-electron chi connectivity index (χ2n) is 7.40. The number of methoxy groups -OCH3 is 2. The highest BCUT2D eigenvalue weighted by Gasteiger charge is 2.16. The Morgan fingerprint density at radius 3 is 2.19 bits per heavy atom. The number of hydrogen-bond donors (Lipinski definition) is 1.